The van der Waals surface area contributed by atoms with Gasteiger partial charge in [-0.15, -0.1) is 16.9 Å². The number of aromatic nitrogens is 4. The van der Waals surface area contributed by atoms with E-state index < -0.39 is 65.2 Å². The van der Waals surface area contributed by atoms with Crippen LogP contribution in [0, 0.1) is 0 Å². The van der Waals surface area contributed by atoms with Crippen molar-refractivity contribution < 1.29 is 38.2 Å². The molecule has 67 heavy (non-hydrogen) atoms. The van der Waals surface area contributed by atoms with Crippen molar-refractivity contribution in [2.24, 2.45) is 7.05 Å². The van der Waals surface area contributed by atoms with Gasteiger partial charge in [0.1, 0.15) is 23.2 Å². The number of esters is 2. The average Bonchev–Trinajstić information content (AvgIpc) is 3.90. The first-order valence-corrected chi connectivity index (χ1v) is 23.6. The summed E-state index contributed by atoms with van der Waals surface area (Å²) in [6, 6.07) is 41.0. The standard InChI is InChI=1S/C50H43N7O8S2/c1-55-50(52-53-54-55)67-30-35-29-66-47-40(46(61)57(47)41(35)49(63)65-43(33-21-10-4-11-22-33)34-23-12-5-13-24-34)51-39(58)28-16-27-38(56-44(59)36-25-14-15-26-37(36)45(56)60)48(62)64-42(31-17-6-2-7-18-31)32-19-8-3-9-20-32/h2-15,17-26,38,40,42-43,47H,16,27-30H2,1H3,(H,51,58)/t38?,40-,47+/m1/s1. The van der Waals surface area contributed by atoms with E-state index >= 15 is 0 Å². The highest BCUT2D eigenvalue weighted by Crippen LogP contribution is 2.43. The van der Waals surface area contributed by atoms with E-state index in [-0.39, 0.29) is 41.8 Å². The van der Waals surface area contributed by atoms with Crippen LogP contribution >= 0.6 is 23.5 Å². The predicted molar refractivity (Wildman–Crippen MR) is 248 cm³/mol. The summed E-state index contributed by atoms with van der Waals surface area (Å²) in [7, 11) is 1.71. The van der Waals surface area contributed by atoms with Gasteiger partial charge in [0.25, 0.3) is 17.7 Å². The van der Waals surface area contributed by atoms with Crippen molar-refractivity contribution in [2.45, 2.75) is 54.1 Å². The maximum absolute atomic E-state index is 14.5. The first kappa shape index (κ1) is 44.8. The van der Waals surface area contributed by atoms with Crippen LogP contribution < -0.4 is 5.32 Å². The molecule has 0 saturated carbocycles. The molecule has 4 heterocycles. The molecule has 6 aromatic rings. The molecular formula is C50H43N7O8S2. The topological polar surface area (TPSA) is 183 Å². The summed E-state index contributed by atoms with van der Waals surface area (Å²) in [6.45, 7) is 0. The third-order valence-corrected chi connectivity index (χ3v) is 14.1. The average molecular weight is 934 g/mol. The number of β-lactam (4-membered cyclic amide) rings is 1. The van der Waals surface area contributed by atoms with Crippen molar-refractivity contribution in [1.29, 1.82) is 0 Å². The normalized spacial score (nSPS) is 17.0. The van der Waals surface area contributed by atoms with Crippen molar-refractivity contribution in [3.05, 3.63) is 190 Å². The van der Waals surface area contributed by atoms with E-state index in [2.05, 4.69) is 20.8 Å². The number of imide groups is 1. The monoisotopic (exact) mass is 933 g/mol. The molecule has 3 atom stereocenters. The second-order valence-electron chi connectivity index (χ2n) is 16.0. The van der Waals surface area contributed by atoms with Gasteiger partial charge in [0, 0.05) is 25.0 Å². The fraction of sp³-hybridized carbons (Fsp3) is 0.220. The summed E-state index contributed by atoms with van der Waals surface area (Å²) in [5.41, 5.74) is 3.96. The van der Waals surface area contributed by atoms with Crippen LogP contribution in [0.5, 0.6) is 0 Å². The van der Waals surface area contributed by atoms with Crippen LogP contribution in [0.1, 0.15) is 74.4 Å². The van der Waals surface area contributed by atoms with Crippen molar-refractivity contribution in [3.8, 4) is 0 Å². The summed E-state index contributed by atoms with van der Waals surface area (Å²) in [4.78, 5) is 86.5. The Labute approximate surface area is 393 Å². The summed E-state index contributed by atoms with van der Waals surface area (Å²) in [5.74, 6) is -3.12. The highest BCUT2D eigenvalue weighted by Gasteiger charge is 2.55. The lowest BCUT2D eigenvalue weighted by molar-refractivity contribution is -0.154. The van der Waals surface area contributed by atoms with Crippen LogP contribution in [0.2, 0.25) is 0 Å². The number of rotatable bonds is 17. The van der Waals surface area contributed by atoms with Gasteiger partial charge in [-0.05, 0) is 63.2 Å². The van der Waals surface area contributed by atoms with E-state index in [1.54, 1.807) is 19.2 Å². The quantitative estimate of drug-likeness (QED) is 0.0456. The van der Waals surface area contributed by atoms with Crippen LogP contribution in [-0.2, 0) is 35.7 Å². The van der Waals surface area contributed by atoms with Gasteiger partial charge in [-0.1, -0.05) is 145 Å². The van der Waals surface area contributed by atoms with Crippen LogP contribution in [0.4, 0.5) is 0 Å². The first-order chi connectivity index (χ1) is 32.7. The zero-order valence-corrected chi connectivity index (χ0v) is 37.7. The SMILES string of the molecule is Cn1nnnc1SCC1=C(C(=O)OC(c2ccccc2)c2ccccc2)N2C(=O)[C@@H](NC(=O)CCCC(C(=O)OC(c3ccccc3)c3ccccc3)N3C(=O)c4ccccc4C3=O)[C@@H]2SC1. The van der Waals surface area contributed by atoms with Gasteiger partial charge >= 0.3 is 11.9 Å². The number of nitrogens with zero attached hydrogens (tertiary/aromatic N) is 6. The molecule has 1 aromatic heterocycles. The highest BCUT2D eigenvalue weighted by atomic mass is 32.2. The lowest BCUT2D eigenvalue weighted by Crippen LogP contribution is -2.70. The van der Waals surface area contributed by atoms with Gasteiger partial charge in [-0.3, -0.25) is 29.0 Å². The van der Waals surface area contributed by atoms with E-state index in [1.807, 2.05) is 121 Å². The van der Waals surface area contributed by atoms with Gasteiger partial charge in [-0.2, -0.15) is 0 Å². The largest absolute Gasteiger partial charge is 0.451 e. The number of benzene rings is 5. The van der Waals surface area contributed by atoms with E-state index in [0.29, 0.717) is 27.6 Å². The number of hydrogen-bond acceptors (Lipinski definition) is 13. The second kappa shape index (κ2) is 20.0. The first-order valence-electron chi connectivity index (χ1n) is 21.6. The molecule has 1 saturated heterocycles. The van der Waals surface area contributed by atoms with E-state index in [9.17, 15) is 28.8 Å². The molecule has 3 aliphatic heterocycles. The van der Waals surface area contributed by atoms with Gasteiger partial charge in [0.05, 0.1) is 11.1 Å². The Morgan fingerprint density at radius 1 is 0.731 bits per heavy atom. The lowest BCUT2D eigenvalue weighted by Gasteiger charge is -2.50. The van der Waals surface area contributed by atoms with Crippen molar-refractivity contribution in [1.82, 2.24) is 35.3 Å². The fourth-order valence-electron chi connectivity index (χ4n) is 8.35. The molecule has 0 bridgehead atoms. The van der Waals surface area contributed by atoms with Crippen molar-refractivity contribution in [3.63, 3.8) is 0 Å². The summed E-state index contributed by atoms with van der Waals surface area (Å²) in [5, 5.41) is 14.4. The van der Waals surface area contributed by atoms with Gasteiger partial charge < -0.3 is 14.8 Å². The molecular weight excluding hydrogens is 891 g/mol. The number of nitrogens with one attached hydrogen (secondary N) is 1. The smallest absolute Gasteiger partial charge is 0.356 e. The Hall–Kier alpha value is -7.37. The number of hydrogen-bond donors (Lipinski definition) is 1. The molecule has 1 unspecified atom stereocenters. The number of carbonyl (C=O) groups is 6. The number of fused-ring (bicyclic) bond motifs is 2. The Morgan fingerprint density at radius 3 is 1.75 bits per heavy atom. The number of amides is 4. The Balaban J connectivity index is 0.913. The van der Waals surface area contributed by atoms with Crippen LogP contribution in [0.15, 0.2) is 162 Å². The van der Waals surface area contributed by atoms with Gasteiger partial charge in [0.15, 0.2) is 12.2 Å². The predicted octanol–water partition coefficient (Wildman–Crippen LogP) is 6.46. The van der Waals surface area contributed by atoms with Gasteiger partial charge in [0.2, 0.25) is 11.1 Å². The molecule has 1 fully saturated rings. The molecule has 0 radical (unpaired) electrons. The van der Waals surface area contributed by atoms with E-state index in [4.69, 9.17) is 9.47 Å². The third kappa shape index (κ3) is 9.37. The second-order valence-corrected chi connectivity index (χ2v) is 18.0. The molecule has 9 rings (SSSR count). The zero-order valence-electron chi connectivity index (χ0n) is 36.0. The Bertz CT molecular complexity index is 2730. The Morgan fingerprint density at radius 2 is 1.24 bits per heavy atom. The molecule has 17 heteroatoms. The number of tetrazole rings is 1. The van der Waals surface area contributed by atoms with Crippen LogP contribution in [-0.4, -0.2) is 94.5 Å². The van der Waals surface area contributed by atoms with Gasteiger partial charge in [-0.25, -0.2) is 14.3 Å². The number of carbonyl (C=O) groups excluding carboxylic acids is 6. The summed E-state index contributed by atoms with van der Waals surface area (Å²) in [6.07, 6.45) is -1.81. The molecule has 338 valence electrons. The minimum Gasteiger partial charge on any atom is -0.451 e. The lowest BCUT2D eigenvalue weighted by atomic mass is 10.0. The van der Waals surface area contributed by atoms with E-state index in [0.717, 1.165) is 16.0 Å². The fourth-order valence-corrected chi connectivity index (χ4v) is 10.7. The Kier molecular flexibility index (Phi) is 13.4. The van der Waals surface area contributed by atoms with Crippen LogP contribution in [0.3, 0.4) is 0 Å². The maximum Gasteiger partial charge on any atom is 0.356 e. The zero-order chi connectivity index (χ0) is 46.4. The number of ether oxygens (including phenoxy) is 2. The minimum atomic E-state index is -1.37. The molecule has 15 nitrogen and oxygen atoms in total. The molecule has 0 aliphatic carbocycles. The number of aryl methyl sites for hydroxylation is 1. The van der Waals surface area contributed by atoms with Crippen LogP contribution in [0.25, 0.3) is 0 Å². The minimum absolute atomic E-state index is 0.0545. The third-order valence-electron chi connectivity index (χ3n) is 11.7. The summed E-state index contributed by atoms with van der Waals surface area (Å²) >= 11 is 2.72. The van der Waals surface area contributed by atoms with Crippen molar-refractivity contribution >= 4 is 59.1 Å². The molecule has 1 N–H and O–H groups in total. The van der Waals surface area contributed by atoms with E-state index in [1.165, 1.54) is 45.2 Å². The summed E-state index contributed by atoms with van der Waals surface area (Å²) < 4.78 is 14.0. The number of thioether (sulfide) groups is 2. The molecule has 3 aliphatic rings. The maximum atomic E-state index is 14.5. The molecule has 5 aromatic carbocycles. The molecule has 4 amide bonds. The van der Waals surface area contributed by atoms with Crippen molar-refractivity contribution in [2.75, 3.05) is 11.5 Å². The molecule has 0 spiro atoms. The highest BCUT2D eigenvalue weighted by molar-refractivity contribution is 8.01.